The second-order valence-corrected chi connectivity index (χ2v) is 5.03. The van der Waals surface area contributed by atoms with Gasteiger partial charge in [0.15, 0.2) is 0 Å². The van der Waals surface area contributed by atoms with Gasteiger partial charge in [0, 0.05) is 29.5 Å². The molecular formula is C19H22N2. The topological polar surface area (TPSA) is 25.8 Å². The van der Waals surface area contributed by atoms with E-state index in [1.807, 2.05) is 38.4 Å². The zero-order valence-electron chi connectivity index (χ0n) is 13.2. The summed E-state index contributed by atoms with van der Waals surface area (Å²) in [6.45, 7) is 8.42. The number of aromatic nitrogens is 2. The summed E-state index contributed by atoms with van der Waals surface area (Å²) in [6.07, 6.45) is 5.61. The summed E-state index contributed by atoms with van der Waals surface area (Å²) < 4.78 is 0. The van der Waals surface area contributed by atoms with E-state index < -0.39 is 0 Å². The molecule has 0 bridgehead atoms. The number of benzene rings is 1. The normalized spacial score (nSPS) is 10.3. The fraction of sp³-hybridized carbons (Fsp3) is 0.263. The van der Waals surface area contributed by atoms with Crippen LogP contribution in [0.15, 0.2) is 55.0 Å². The van der Waals surface area contributed by atoms with E-state index in [1.165, 1.54) is 16.3 Å². The highest BCUT2D eigenvalue weighted by molar-refractivity contribution is 5.88. The standard InChI is InChI=1S/C17H16N2.C2H6/c1-12(2)15-7-3-5-13-9-17(19-11-16(13)15)14-6-4-8-18-10-14;1-2/h3-12H,1-2H3;1-2H3. The second kappa shape index (κ2) is 6.98. The van der Waals surface area contributed by atoms with Crippen molar-refractivity contribution < 1.29 is 0 Å². The summed E-state index contributed by atoms with van der Waals surface area (Å²) in [6, 6.07) is 12.5. The quantitative estimate of drug-likeness (QED) is 0.623. The largest absolute Gasteiger partial charge is 0.264 e. The van der Waals surface area contributed by atoms with Crippen LogP contribution in [0.3, 0.4) is 0 Å². The maximum absolute atomic E-state index is 4.58. The van der Waals surface area contributed by atoms with Crippen LogP contribution in [0.4, 0.5) is 0 Å². The summed E-state index contributed by atoms with van der Waals surface area (Å²) in [4.78, 5) is 8.73. The molecule has 0 aliphatic rings. The van der Waals surface area contributed by atoms with Gasteiger partial charge in [0.25, 0.3) is 0 Å². The average molecular weight is 278 g/mol. The van der Waals surface area contributed by atoms with Crippen molar-refractivity contribution in [1.29, 1.82) is 0 Å². The van der Waals surface area contributed by atoms with Crippen molar-refractivity contribution >= 4 is 10.8 Å². The maximum Gasteiger partial charge on any atom is 0.0723 e. The Morgan fingerprint density at radius 1 is 0.952 bits per heavy atom. The summed E-state index contributed by atoms with van der Waals surface area (Å²) in [5.74, 6) is 0.509. The fourth-order valence-corrected chi connectivity index (χ4v) is 2.37. The first-order chi connectivity index (χ1) is 10.3. The number of hydrogen-bond donors (Lipinski definition) is 0. The van der Waals surface area contributed by atoms with Crippen LogP contribution in [0.25, 0.3) is 22.0 Å². The number of hydrogen-bond acceptors (Lipinski definition) is 2. The first-order valence-electron chi connectivity index (χ1n) is 7.55. The highest BCUT2D eigenvalue weighted by Crippen LogP contribution is 2.27. The van der Waals surface area contributed by atoms with Crippen molar-refractivity contribution in [2.75, 3.05) is 0 Å². The summed E-state index contributed by atoms with van der Waals surface area (Å²) in [5.41, 5.74) is 3.38. The predicted molar refractivity (Wildman–Crippen MR) is 90.4 cm³/mol. The van der Waals surface area contributed by atoms with Crippen LogP contribution in [0, 0.1) is 0 Å². The van der Waals surface area contributed by atoms with E-state index in [1.54, 1.807) is 6.20 Å². The third-order valence-electron chi connectivity index (χ3n) is 3.38. The lowest BCUT2D eigenvalue weighted by Gasteiger charge is -2.10. The molecule has 0 unspecified atom stereocenters. The van der Waals surface area contributed by atoms with Crippen LogP contribution in [-0.4, -0.2) is 9.97 Å². The van der Waals surface area contributed by atoms with Crippen molar-refractivity contribution in [2.24, 2.45) is 0 Å². The molecular weight excluding hydrogens is 256 g/mol. The van der Waals surface area contributed by atoms with Gasteiger partial charge in [-0.05, 0) is 35.1 Å². The van der Waals surface area contributed by atoms with Gasteiger partial charge >= 0.3 is 0 Å². The molecule has 0 fully saturated rings. The minimum Gasteiger partial charge on any atom is -0.264 e. The zero-order chi connectivity index (χ0) is 15.2. The van der Waals surface area contributed by atoms with E-state index in [4.69, 9.17) is 0 Å². The molecule has 2 nitrogen and oxygen atoms in total. The van der Waals surface area contributed by atoms with E-state index in [0.717, 1.165) is 11.3 Å². The van der Waals surface area contributed by atoms with Crippen molar-refractivity contribution in [3.8, 4) is 11.3 Å². The third kappa shape index (κ3) is 3.27. The van der Waals surface area contributed by atoms with Gasteiger partial charge in [-0.3, -0.25) is 9.97 Å². The lowest BCUT2D eigenvalue weighted by molar-refractivity contribution is 0.876. The Morgan fingerprint density at radius 3 is 2.43 bits per heavy atom. The number of rotatable bonds is 2. The first-order valence-corrected chi connectivity index (χ1v) is 7.55. The molecule has 2 aromatic heterocycles. The monoisotopic (exact) mass is 278 g/mol. The van der Waals surface area contributed by atoms with Gasteiger partial charge in [-0.1, -0.05) is 45.9 Å². The van der Waals surface area contributed by atoms with Crippen molar-refractivity contribution in [2.45, 2.75) is 33.6 Å². The van der Waals surface area contributed by atoms with Gasteiger partial charge in [-0.25, -0.2) is 0 Å². The number of pyridine rings is 2. The summed E-state index contributed by atoms with van der Waals surface area (Å²) in [5, 5.41) is 2.48. The molecule has 0 aliphatic carbocycles. The molecule has 3 aromatic rings. The zero-order valence-corrected chi connectivity index (χ0v) is 13.2. The molecule has 2 heteroatoms. The molecule has 0 radical (unpaired) electrons. The summed E-state index contributed by atoms with van der Waals surface area (Å²) >= 11 is 0. The number of fused-ring (bicyclic) bond motifs is 1. The third-order valence-corrected chi connectivity index (χ3v) is 3.38. The van der Waals surface area contributed by atoms with Crippen LogP contribution in [0.5, 0.6) is 0 Å². The molecule has 1 aromatic carbocycles. The van der Waals surface area contributed by atoms with Gasteiger partial charge in [-0.2, -0.15) is 0 Å². The lowest BCUT2D eigenvalue weighted by Crippen LogP contribution is -1.91. The van der Waals surface area contributed by atoms with E-state index in [0.29, 0.717) is 5.92 Å². The highest BCUT2D eigenvalue weighted by Gasteiger charge is 2.07. The van der Waals surface area contributed by atoms with E-state index in [2.05, 4.69) is 48.1 Å². The molecule has 0 spiro atoms. The molecule has 3 rings (SSSR count). The summed E-state index contributed by atoms with van der Waals surface area (Å²) in [7, 11) is 0. The van der Waals surface area contributed by atoms with E-state index >= 15 is 0 Å². The molecule has 0 aliphatic heterocycles. The van der Waals surface area contributed by atoms with Crippen LogP contribution in [-0.2, 0) is 0 Å². The Bertz CT molecular complexity index is 703. The Morgan fingerprint density at radius 2 is 1.76 bits per heavy atom. The molecule has 0 N–H and O–H groups in total. The fourth-order valence-electron chi connectivity index (χ4n) is 2.37. The van der Waals surface area contributed by atoms with Gasteiger partial charge in [-0.15, -0.1) is 0 Å². The van der Waals surface area contributed by atoms with Gasteiger partial charge in [0.2, 0.25) is 0 Å². The molecule has 108 valence electrons. The Balaban J connectivity index is 0.000000774. The molecule has 0 saturated heterocycles. The predicted octanol–water partition coefficient (Wildman–Crippen LogP) is 5.45. The van der Waals surface area contributed by atoms with Gasteiger partial charge in [0.1, 0.15) is 0 Å². The van der Waals surface area contributed by atoms with Gasteiger partial charge < -0.3 is 0 Å². The Kier molecular flexibility index (Phi) is 5.04. The molecule has 0 amide bonds. The molecule has 2 heterocycles. The lowest BCUT2D eigenvalue weighted by atomic mass is 9.97. The maximum atomic E-state index is 4.58. The van der Waals surface area contributed by atoms with Crippen molar-refractivity contribution in [1.82, 2.24) is 9.97 Å². The van der Waals surface area contributed by atoms with Crippen LogP contribution >= 0.6 is 0 Å². The number of nitrogens with zero attached hydrogens (tertiary/aromatic N) is 2. The first kappa shape index (κ1) is 15.2. The van der Waals surface area contributed by atoms with E-state index in [9.17, 15) is 0 Å². The minimum absolute atomic E-state index is 0.509. The Hall–Kier alpha value is -2.22. The molecule has 21 heavy (non-hydrogen) atoms. The average Bonchev–Trinajstić information content (AvgIpc) is 2.56. The molecule has 0 saturated carbocycles. The van der Waals surface area contributed by atoms with Crippen LogP contribution in [0.2, 0.25) is 0 Å². The molecule has 0 atom stereocenters. The van der Waals surface area contributed by atoms with E-state index in [-0.39, 0.29) is 0 Å². The van der Waals surface area contributed by atoms with Crippen molar-refractivity contribution in [3.05, 3.63) is 60.6 Å². The smallest absolute Gasteiger partial charge is 0.0723 e. The minimum atomic E-state index is 0.509. The van der Waals surface area contributed by atoms with Crippen LogP contribution in [0.1, 0.15) is 39.2 Å². The van der Waals surface area contributed by atoms with Crippen LogP contribution < -0.4 is 0 Å². The Labute approximate surface area is 126 Å². The second-order valence-electron chi connectivity index (χ2n) is 5.03. The van der Waals surface area contributed by atoms with Gasteiger partial charge in [0.05, 0.1) is 5.69 Å². The SMILES string of the molecule is CC.CC(C)c1cccc2cc(-c3cccnc3)ncc12. The van der Waals surface area contributed by atoms with Crippen molar-refractivity contribution in [3.63, 3.8) is 0 Å². The highest BCUT2D eigenvalue weighted by atomic mass is 14.7.